The van der Waals surface area contributed by atoms with Crippen molar-refractivity contribution in [3.8, 4) is 0 Å². The number of nitrogens with zero attached hydrogens (tertiary/aromatic N) is 1. The summed E-state index contributed by atoms with van der Waals surface area (Å²) in [6, 6.07) is 1.66. The van der Waals surface area contributed by atoms with E-state index in [9.17, 15) is 8.42 Å². The second-order valence-corrected chi connectivity index (χ2v) is 6.91. The molecule has 0 spiro atoms. The van der Waals surface area contributed by atoms with Crippen LogP contribution in [0.2, 0.25) is 0 Å². The Hall–Kier alpha value is -0.850. The number of hydrogen-bond acceptors (Lipinski definition) is 3. The Morgan fingerprint density at radius 1 is 1.47 bits per heavy atom. The summed E-state index contributed by atoms with van der Waals surface area (Å²) in [6.45, 7) is 3.58. The predicted octanol–water partition coefficient (Wildman–Crippen LogP) is 1.44. The maximum absolute atomic E-state index is 12.2. The monoisotopic (exact) mass is 285 g/mol. The van der Waals surface area contributed by atoms with Gasteiger partial charge in [0.15, 0.2) is 0 Å². The highest BCUT2D eigenvalue weighted by molar-refractivity contribution is 7.89. The summed E-state index contributed by atoms with van der Waals surface area (Å²) in [7, 11) is -3.39. The molecule has 19 heavy (non-hydrogen) atoms. The lowest BCUT2D eigenvalue weighted by molar-refractivity contribution is 0.297. The summed E-state index contributed by atoms with van der Waals surface area (Å²) < 4.78 is 28.9. The molecule has 1 aromatic rings. The van der Waals surface area contributed by atoms with Gasteiger partial charge in [0.1, 0.15) is 0 Å². The molecule has 0 amide bonds. The van der Waals surface area contributed by atoms with Crippen LogP contribution in [0.4, 0.5) is 0 Å². The first-order valence-electron chi connectivity index (χ1n) is 6.95. The predicted molar refractivity (Wildman–Crippen MR) is 75.1 cm³/mol. The van der Waals surface area contributed by atoms with Crippen LogP contribution in [0.25, 0.3) is 0 Å². The lowest BCUT2D eigenvalue weighted by Crippen LogP contribution is -2.27. The molecule has 3 N–H and O–H groups in total. The first kappa shape index (κ1) is 14.6. The number of nitrogens with two attached hydrogens (primary N) is 1. The Morgan fingerprint density at radius 2 is 2.21 bits per heavy atom. The lowest BCUT2D eigenvalue weighted by Gasteiger charge is -2.24. The van der Waals surface area contributed by atoms with Crippen LogP contribution in [0, 0.1) is 5.92 Å². The minimum atomic E-state index is -3.39. The maximum atomic E-state index is 12.2. The van der Waals surface area contributed by atoms with E-state index in [0.29, 0.717) is 23.9 Å². The van der Waals surface area contributed by atoms with Gasteiger partial charge in [0.2, 0.25) is 10.0 Å². The summed E-state index contributed by atoms with van der Waals surface area (Å²) in [5.41, 5.74) is 6.46. The molecule has 0 aliphatic heterocycles. The van der Waals surface area contributed by atoms with Crippen molar-refractivity contribution < 1.29 is 8.42 Å². The molecule has 0 aromatic carbocycles. The maximum Gasteiger partial charge on any atom is 0.242 e. The Labute approximate surface area is 115 Å². The zero-order chi connectivity index (χ0) is 13.9. The van der Waals surface area contributed by atoms with Gasteiger partial charge in [0.25, 0.3) is 0 Å². The third-order valence-corrected chi connectivity index (χ3v) is 5.32. The highest BCUT2D eigenvalue weighted by atomic mass is 32.2. The Morgan fingerprint density at radius 3 is 2.68 bits per heavy atom. The molecule has 1 aliphatic carbocycles. The van der Waals surface area contributed by atoms with E-state index in [0.717, 1.165) is 18.7 Å². The normalized spacial score (nSPS) is 16.5. The number of nitrogens with one attached hydrogen (secondary N) is 1. The lowest BCUT2D eigenvalue weighted by atomic mass is 9.83. The summed E-state index contributed by atoms with van der Waals surface area (Å²) in [4.78, 5) is 0.323. The highest BCUT2D eigenvalue weighted by Gasteiger charge is 2.20. The smallest absolute Gasteiger partial charge is 0.242 e. The van der Waals surface area contributed by atoms with Gasteiger partial charge in [0, 0.05) is 31.5 Å². The van der Waals surface area contributed by atoms with Gasteiger partial charge in [-0.15, -0.1) is 0 Å². The van der Waals surface area contributed by atoms with Crippen molar-refractivity contribution in [1.82, 2.24) is 9.29 Å². The third kappa shape index (κ3) is 3.38. The largest absolute Gasteiger partial charge is 0.349 e. The van der Waals surface area contributed by atoms with Gasteiger partial charge in [0.05, 0.1) is 4.90 Å². The zero-order valence-electron chi connectivity index (χ0n) is 11.4. The van der Waals surface area contributed by atoms with E-state index in [4.69, 9.17) is 5.73 Å². The average Bonchev–Trinajstić information content (AvgIpc) is 2.76. The average molecular weight is 285 g/mol. The van der Waals surface area contributed by atoms with E-state index in [1.165, 1.54) is 19.3 Å². The van der Waals surface area contributed by atoms with Crippen LogP contribution < -0.4 is 10.5 Å². The molecule has 0 atom stereocenters. The zero-order valence-corrected chi connectivity index (χ0v) is 12.2. The Kier molecular flexibility index (Phi) is 4.65. The fourth-order valence-electron chi connectivity index (χ4n) is 2.40. The van der Waals surface area contributed by atoms with Crippen LogP contribution in [0.3, 0.4) is 0 Å². The molecule has 1 aliphatic rings. The van der Waals surface area contributed by atoms with Gasteiger partial charge in [-0.3, -0.25) is 0 Å². The van der Waals surface area contributed by atoms with Crippen molar-refractivity contribution in [2.24, 2.45) is 11.7 Å². The van der Waals surface area contributed by atoms with Gasteiger partial charge in [-0.25, -0.2) is 13.1 Å². The van der Waals surface area contributed by atoms with E-state index < -0.39 is 10.0 Å². The quantitative estimate of drug-likeness (QED) is 0.795. The standard InChI is InChI=1S/C13H23N3O2S/c1-2-16-10-13(8-12(16)9-14)19(17,18)15-7-6-11-4-3-5-11/h8,10-11,15H,2-7,9,14H2,1H3. The second kappa shape index (κ2) is 6.07. The third-order valence-electron chi connectivity index (χ3n) is 3.89. The van der Waals surface area contributed by atoms with Crippen molar-refractivity contribution in [2.75, 3.05) is 6.54 Å². The van der Waals surface area contributed by atoms with E-state index >= 15 is 0 Å². The minimum absolute atomic E-state index is 0.323. The van der Waals surface area contributed by atoms with Gasteiger partial charge in [-0.2, -0.15) is 0 Å². The first-order chi connectivity index (χ1) is 9.06. The Balaban J connectivity index is 1.99. The van der Waals surface area contributed by atoms with Crippen molar-refractivity contribution >= 4 is 10.0 Å². The molecule has 1 saturated carbocycles. The van der Waals surface area contributed by atoms with Crippen molar-refractivity contribution in [2.45, 2.75) is 50.6 Å². The molecule has 2 rings (SSSR count). The topological polar surface area (TPSA) is 77.1 Å². The van der Waals surface area contributed by atoms with Gasteiger partial charge < -0.3 is 10.3 Å². The van der Waals surface area contributed by atoms with Crippen molar-refractivity contribution in [3.05, 3.63) is 18.0 Å². The highest BCUT2D eigenvalue weighted by Crippen LogP contribution is 2.28. The van der Waals surface area contributed by atoms with Crippen LogP contribution in [-0.4, -0.2) is 19.5 Å². The van der Waals surface area contributed by atoms with Gasteiger partial charge >= 0.3 is 0 Å². The molecular formula is C13H23N3O2S. The number of sulfonamides is 1. The fourth-order valence-corrected chi connectivity index (χ4v) is 3.51. The molecule has 1 aromatic heterocycles. The molecule has 6 heteroatoms. The first-order valence-corrected chi connectivity index (χ1v) is 8.44. The van der Waals surface area contributed by atoms with Crippen molar-refractivity contribution in [1.29, 1.82) is 0 Å². The second-order valence-electron chi connectivity index (χ2n) is 5.14. The minimum Gasteiger partial charge on any atom is -0.349 e. The van der Waals surface area contributed by atoms with Crippen molar-refractivity contribution in [3.63, 3.8) is 0 Å². The van der Waals surface area contributed by atoms with Gasteiger partial charge in [-0.1, -0.05) is 19.3 Å². The van der Waals surface area contributed by atoms with Crippen LogP contribution in [-0.2, 0) is 23.1 Å². The molecular weight excluding hydrogens is 262 g/mol. The molecule has 0 bridgehead atoms. The van der Waals surface area contributed by atoms with Crippen LogP contribution in [0.15, 0.2) is 17.2 Å². The summed E-state index contributed by atoms with van der Waals surface area (Å²) in [5.74, 6) is 0.711. The molecule has 1 fully saturated rings. The molecule has 0 radical (unpaired) electrons. The summed E-state index contributed by atoms with van der Waals surface area (Å²) >= 11 is 0. The fraction of sp³-hybridized carbons (Fsp3) is 0.692. The van der Waals surface area contributed by atoms with Crippen LogP contribution in [0.5, 0.6) is 0 Å². The summed E-state index contributed by atoms with van der Waals surface area (Å²) in [6.07, 6.45) is 6.37. The molecule has 108 valence electrons. The number of rotatable bonds is 7. The number of aromatic nitrogens is 1. The SMILES string of the molecule is CCn1cc(S(=O)(=O)NCCC2CCC2)cc1CN. The van der Waals surface area contributed by atoms with E-state index in [1.807, 2.05) is 11.5 Å². The van der Waals surface area contributed by atoms with E-state index in [2.05, 4.69) is 4.72 Å². The molecule has 5 nitrogen and oxygen atoms in total. The van der Waals surface area contributed by atoms with E-state index in [1.54, 1.807) is 12.3 Å². The Bertz CT molecular complexity index is 496. The number of aryl methyl sites for hydroxylation is 1. The van der Waals surface area contributed by atoms with Gasteiger partial charge in [-0.05, 0) is 25.3 Å². The van der Waals surface area contributed by atoms with Crippen LogP contribution in [0.1, 0.15) is 38.3 Å². The number of hydrogen-bond donors (Lipinski definition) is 2. The molecule has 1 heterocycles. The van der Waals surface area contributed by atoms with E-state index in [-0.39, 0.29) is 0 Å². The molecule has 0 unspecified atom stereocenters. The summed E-state index contributed by atoms with van der Waals surface area (Å²) in [5, 5.41) is 0. The van der Waals surface area contributed by atoms with Crippen LogP contribution >= 0.6 is 0 Å². The molecule has 0 saturated heterocycles.